The lowest BCUT2D eigenvalue weighted by molar-refractivity contribution is -0.137. The van der Waals surface area contributed by atoms with Crippen LogP contribution in [0.15, 0.2) is 41.3 Å². The molecule has 1 fully saturated rings. The van der Waals surface area contributed by atoms with E-state index in [1.807, 2.05) is 0 Å². The molecular weight excluding hydrogens is 331 g/mol. The molecule has 25 heavy (non-hydrogen) atoms. The number of aromatic nitrogens is 3. The van der Waals surface area contributed by atoms with Crippen molar-refractivity contribution in [3.63, 3.8) is 0 Å². The summed E-state index contributed by atoms with van der Waals surface area (Å²) in [6.45, 7) is 0. The number of rotatable bonds is 2. The summed E-state index contributed by atoms with van der Waals surface area (Å²) in [5.74, 6) is 0. The average Bonchev–Trinajstić information content (AvgIpc) is 3.22. The molecule has 1 aliphatic carbocycles. The van der Waals surface area contributed by atoms with Crippen LogP contribution in [0.5, 0.6) is 0 Å². The molecule has 4 nitrogen and oxygen atoms in total. The van der Waals surface area contributed by atoms with Crippen LogP contribution in [0.1, 0.15) is 37.3 Å². The van der Waals surface area contributed by atoms with Crippen molar-refractivity contribution in [2.24, 2.45) is 0 Å². The van der Waals surface area contributed by atoms with Gasteiger partial charge in [0.1, 0.15) is 5.69 Å². The van der Waals surface area contributed by atoms with Gasteiger partial charge in [-0.2, -0.15) is 18.3 Å². The van der Waals surface area contributed by atoms with Crippen LogP contribution < -0.4 is 5.56 Å². The van der Waals surface area contributed by atoms with Crippen LogP contribution in [0.25, 0.3) is 22.2 Å². The minimum atomic E-state index is -4.51. The van der Waals surface area contributed by atoms with Crippen molar-refractivity contribution < 1.29 is 13.2 Å². The second-order valence-electron chi connectivity index (χ2n) is 6.34. The third-order valence-corrected chi connectivity index (χ3v) is 4.79. The molecule has 0 unspecified atom stereocenters. The highest BCUT2D eigenvalue weighted by molar-refractivity contribution is 5.93. The summed E-state index contributed by atoms with van der Waals surface area (Å²) >= 11 is 0. The van der Waals surface area contributed by atoms with Crippen LogP contribution in [-0.2, 0) is 6.18 Å². The highest BCUT2D eigenvalue weighted by Crippen LogP contribution is 2.39. The molecule has 0 amide bonds. The van der Waals surface area contributed by atoms with E-state index in [1.54, 1.807) is 10.7 Å². The Balaban J connectivity index is 2.02. The molecule has 1 N–H and O–H groups in total. The Morgan fingerprint density at radius 1 is 1.12 bits per heavy atom. The number of alkyl halides is 3. The number of pyridine rings is 1. The molecule has 2 aromatic heterocycles. The van der Waals surface area contributed by atoms with Crippen LogP contribution >= 0.6 is 0 Å². The van der Waals surface area contributed by atoms with Gasteiger partial charge < -0.3 is 4.98 Å². The fraction of sp³-hybridized carbons (Fsp3) is 0.333. The molecule has 0 aliphatic heterocycles. The topological polar surface area (TPSA) is 50.7 Å². The summed E-state index contributed by atoms with van der Waals surface area (Å²) in [5.41, 5.74) is -0.585. The van der Waals surface area contributed by atoms with Crippen molar-refractivity contribution in [2.45, 2.75) is 37.9 Å². The van der Waals surface area contributed by atoms with Gasteiger partial charge in [0.25, 0.3) is 5.56 Å². The zero-order chi connectivity index (χ0) is 17.6. The Kier molecular flexibility index (Phi) is 3.67. The van der Waals surface area contributed by atoms with Crippen molar-refractivity contribution in [2.75, 3.05) is 0 Å². The zero-order valence-corrected chi connectivity index (χ0v) is 13.3. The predicted molar refractivity (Wildman–Crippen MR) is 88.3 cm³/mol. The zero-order valence-electron chi connectivity index (χ0n) is 13.3. The first-order valence-electron chi connectivity index (χ1n) is 8.23. The standard InChI is InChI=1S/C18H16F3N3O/c19-18(20,21)13-8-4-3-7-12(13)16-15-14(9-10-22-17(15)25)24(23-16)11-5-1-2-6-11/h3-4,7-11H,1-2,5-6H2,(H,22,25). The van der Waals surface area contributed by atoms with Crippen LogP contribution in [0.4, 0.5) is 13.2 Å². The normalized spacial score (nSPS) is 16.0. The Morgan fingerprint density at radius 2 is 1.84 bits per heavy atom. The van der Waals surface area contributed by atoms with Gasteiger partial charge in [-0.05, 0) is 25.0 Å². The van der Waals surface area contributed by atoms with Crippen molar-refractivity contribution in [3.05, 3.63) is 52.4 Å². The van der Waals surface area contributed by atoms with Crippen LogP contribution in [-0.4, -0.2) is 14.8 Å². The minimum absolute atomic E-state index is 0.0616. The summed E-state index contributed by atoms with van der Waals surface area (Å²) in [6, 6.07) is 7.09. The minimum Gasteiger partial charge on any atom is -0.328 e. The fourth-order valence-corrected chi connectivity index (χ4v) is 3.65. The molecule has 3 aromatic rings. The number of halogens is 3. The maximum absolute atomic E-state index is 13.4. The first-order chi connectivity index (χ1) is 12.0. The van der Waals surface area contributed by atoms with Crippen molar-refractivity contribution in [1.29, 1.82) is 0 Å². The maximum atomic E-state index is 13.4. The SMILES string of the molecule is O=c1[nH]ccc2c1c(-c1ccccc1C(F)(F)F)nn2C1CCCC1. The van der Waals surface area contributed by atoms with Gasteiger partial charge in [0, 0.05) is 11.8 Å². The third kappa shape index (κ3) is 2.63. The molecule has 4 rings (SSSR count). The second kappa shape index (κ2) is 5.75. The van der Waals surface area contributed by atoms with E-state index in [0.29, 0.717) is 5.52 Å². The summed E-state index contributed by atoms with van der Waals surface area (Å²) < 4.78 is 42.0. The Morgan fingerprint density at radius 3 is 2.56 bits per heavy atom. The molecule has 130 valence electrons. The van der Waals surface area contributed by atoms with E-state index in [2.05, 4.69) is 10.1 Å². The van der Waals surface area contributed by atoms with Crippen molar-refractivity contribution in [1.82, 2.24) is 14.8 Å². The van der Waals surface area contributed by atoms with Gasteiger partial charge in [0.2, 0.25) is 0 Å². The lowest BCUT2D eigenvalue weighted by Crippen LogP contribution is -2.09. The molecule has 0 atom stereocenters. The van der Waals surface area contributed by atoms with Crippen LogP contribution in [0, 0.1) is 0 Å². The van der Waals surface area contributed by atoms with Gasteiger partial charge in [-0.15, -0.1) is 0 Å². The van der Waals surface area contributed by atoms with Gasteiger partial charge in [0.15, 0.2) is 0 Å². The molecule has 0 radical (unpaired) electrons. The van der Waals surface area contributed by atoms with E-state index < -0.39 is 17.3 Å². The Labute approximate surface area is 141 Å². The summed E-state index contributed by atoms with van der Waals surface area (Å²) in [6.07, 6.45) is 0.958. The smallest absolute Gasteiger partial charge is 0.328 e. The number of H-pyrrole nitrogens is 1. The fourth-order valence-electron chi connectivity index (χ4n) is 3.65. The van der Waals surface area contributed by atoms with Crippen LogP contribution in [0.2, 0.25) is 0 Å². The molecule has 2 heterocycles. The van der Waals surface area contributed by atoms with E-state index in [-0.39, 0.29) is 22.7 Å². The number of nitrogens with one attached hydrogen (secondary N) is 1. The molecule has 7 heteroatoms. The lowest BCUT2D eigenvalue weighted by Gasteiger charge is -2.12. The number of hydrogen-bond donors (Lipinski definition) is 1. The first-order valence-corrected chi connectivity index (χ1v) is 8.23. The van der Waals surface area contributed by atoms with Gasteiger partial charge in [-0.25, -0.2) is 0 Å². The Bertz CT molecular complexity index is 981. The summed E-state index contributed by atoms with van der Waals surface area (Å²) in [5, 5.41) is 4.69. The molecule has 1 saturated carbocycles. The molecule has 0 bridgehead atoms. The second-order valence-corrected chi connectivity index (χ2v) is 6.34. The van der Waals surface area contributed by atoms with Gasteiger partial charge in [0.05, 0.1) is 22.5 Å². The van der Waals surface area contributed by atoms with E-state index in [1.165, 1.54) is 24.4 Å². The molecule has 0 spiro atoms. The third-order valence-electron chi connectivity index (χ3n) is 4.79. The van der Waals surface area contributed by atoms with Gasteiger partial charge >= 0.3 is 6.18 Å². The number of hydrogen-bond acceptors (Lipinski definition) is 2. The predicted octanol–water partition coefficient (Wildman–Crippen LogP) is 4.53. The largest absolute Gasteiger partial charge is 0.417 e. The lowest BCUT2D eigenvalue weighted by atomic mass is 10.0. The van der Waals surface area contributed by atoms with E-state index >= 15 is 0 Å². The van der Waals surface area contributed by atoms with E-state index in [4.69, 9.17) is 0 Å². The number of benzene rings is 1. The van der Waals surface area contributed by atoms with E-state index in [9.17, 15) is 18.0 Å². The number of nitrogens with zero attached hydrogens (tertiary/aromatic N) is 2. The Hall–Kier alpha value is -2.57. The molecule has 1 aliphatic rings. The maximum Gasteiger partial charge on any atom is 0.417 e. The van der Waals surface area contributed by atoms with Crippen LogP contribution in [0.3, 0.4) is 0 Å². The highest BCUT2D eigenvalue weighted by atomic mass is 19.4. The number of fused-ring (bicyclic) bond motifs is 1. The molecule has 1 aromatic carbocycles. The number of aromatic amines is 1. The molecular formula is C18H16F3N3O. The first kappa shape index (κ1) is 15.9. The van der Waals surface area contributed by atoms with Crippen molar-refractivity contribution >= 4 is 10.9 Å². The average molecular weight is 347 g/mol. The van der Waals surface area contributed by atoms with Gasteiger partial charge in [-0.1, -0.05) is 31.0 Å². The quantitative estimate of drug-likeness (QED) is 0.741. The van der Waals surface area contributed by atoms with E-state index in [0.717, 1.165) is 31.7 Å². The summed E-state index contributed by atoms with van der Waals surface area (Å²) in [7, 11) is 0. The van der Waals surface area contributed by atoms with Gasteiger partial charge in [-0.3, -0.25) is 9.48 Å². The summed E-state index contributed by atoms with van der Waals surface area (Å²) in [4.78, 5) is 14.9. The monoisotopic (exact) mass is 347 g/mol. The highest BCUT2D eigenvalue weighted by Gasteiger charge is 2.35. The van der Waals surface area contributed by atoms with Crippen molar-refractivity contribution in [3.8, 4) is 11.3 Å². The molecule has 0 saturated heterocycles.